The van der Waals surface area contributed by atoms with Gasteiger partial charge in [0.2, 0.25) is 0 Å². The highest BCUT2D eigenvalue weighted by Crippen LogP contribution is 2.22. The van der Waals surface area contributed by atoms with E-state index in [2.05, 4.69) is 42.9 Å². The van der Waals surface area contributed by atoms with Crippen molar-refractivity contribution in [3.8, 4) is 0 Å². The van der Waals surface area contributed by atoms with Gasteiger partial charge in [-0.25, -0.2) is 9.37 Å². The molecule has 0 spiro atoms. The van der Waals surface area contributed by atoms with Gasteiger partial charge in [-0.15, -0.1) is 0 Å². The van der Waals surface area contributed by atoms with Crippen LogP contribution in [0.3, 0.4) is 0 Å². The van der Waals surface area contributed by atoms with Gasteiger partial charge >= 0.3 is 0 Å². The Morgan fingerprint density at radius 1 is 1.48 bits per heavy atom. The summed E-state index contributed by atoms with van der Waals surface area (Å²) in [4.78, 5) is 6.53. The predicted octanol–water partition coefficient (Wildman–Crippen LogP) is 2.72. The van der Waals surface area contributed by atoms with Crippen molar-refractivity contribution in [2.75, 3.05) is 24.6 Å². The third kappa shape index (κ3) is 4.64. The monoisotopic (exact) mass is 295 g/mol. The van der Waals surface area contributed by atoms with E-state index in [4.69, 9.17) is 4.74 Å². The van der Waals surface area contributed by atoms with Gasteiger partial charge in [-0.1, -0.05) is 6.92 Å². The fourth-order valence-corrected chi connectivity index (χ4v) is 2.41. The molecule has 1 aromatic rings. The second-order valence-corrected chi connectivity index (χ2v) is 6.59. The van der Waals surface area contributed by atoms with Gasteiger partial charge in [-0.05, 0) is 33.3 Å². The minimum absolute atomic E-state index is 0.0133. The molecule has 5 heteroatoms. The molecule has 118 valence electrons. The molecule has 1 aliphatic heterocycles. The van der Waals surface area contributed by atoms with Crippen molar-refractivity contribution in [3.05, 3.63) is 23.6 Å². The Balaban J connectivity index is 2.17. The predicted molar refractivity (Wildman–Crippen MR) is 83.0 cm³/mol. The lowest BCUT2D eigenvalue weighted by atomic mass is 10.1. The Morgan fingerprint density at radius 3 is 2.90 bits per heavy atom. The number of halogens is 1. The second-order valence-electron chi connectivity index (χ2n) is 6.59. The van der Waals surface area contributed by atoms with Gasteiger partial charge < -0.3 is 15.0 Å². The molecule has 0 bridgehead atoms. The smallest absolute Gasteiger partial charge is 0.141 e. The molecule has 0 saturated carbocycles. The Morgan fingerprint density at radius 2 is 2.24 bits per heavy atom. The molecule has 2 rings (SSSR count). The number of hydrogen-bond acceptors (Lipinski definition) is 4. The van der Waals surface area contributed by atoms with Crippen molar-refractivity contribution in [3.63, 3.8) is 0 Å². The molecule has 4 nitrogen and oxygen atoms in total. The van der Waals surface area contributed by atoms with E-state index in [9.17, 15) is 4.39 Å². The van der Waals surface area contributed by atoms with Crippen LogP contribution >= 0.6 is 0 Å². The van der Waals surface area contributed by atoms with E-state index in [1.54, 1.807) is 6.07 Å². The molecular formula is C16H26FN3O. The summed E-state index contributed by atoms with van der Waals surface area (Å²) in [6, 6.07) is 1.58. The molecule has 1 atom stereocenters. The highest BCUT2D eigenvalue weighted by Gasteiger charge is 2.23. The van der Waals surface area contributed by atoms with Crippen LogP contribution in [0.1, 0.15) is 39.7 Å². The van der Waals surface area contributed by atoms with Crippen molar-refractivity contribution in [1.82, 2.24) is 10.3 Å². The minimum atomic E-state index is -0.287. The molecule has 0 aromatic carbocycles. The summed E-state index contributed by atoms with van der Waals surface area (Å²) < 4.78 is 19.2. The lowest BCUT2D eigenvalue weighted by Crippen LogP contribution is -2.43. The zero-order valence-corrected chi connectivity index (χ0v) is 13.4. The van der Waals surface area contributed by atoms with Gasteiger partial charge in [0, 0.05) is 30.7 Å². The number of nitrogens with zero attached hydrogens (tertiary/aromatic N) is 2. The van der Waals surface area contributed by atoms with E-state index in [0.29, 0.717) is 13.2 Å². The van der Waals surface area contributed by atoms with Gasteiger partial charge in [0.1, 0.15) is 11.6 Å². The van der Waals surface area contributed by atoms with Crippen LogP contribution in [-0.4, -0.2) is 36.3 Å². The fraction of sp³-hybridized carbons (Fsp3) is 0.688. The minimum Gasteiger partial charge on any atom is -0.375 e. The molecule has 1 aromatic heterocycles. The van der Waals surface area contributed by atoms with Crippen LogP contribution in [0.5, 0.6) is 0 Å². The largest absolute Gasteiger partial charge is 0.375 e. The average molecular weight is 295 g/mol. The SMILES string of the molecule is CCC1CN(c2ncc(F)cc2CNC(C)(C)C)CCO1. The van der Waals surface area contributed by atoms with Crippen LogP contribution in [0, 0.1) is 5.82 Å². The summed E-state index contributed by atoms with van der Waals surface area (Å²) in [5.74, 6) is 0.583. The zero-order chi connectivity index (χ0) is 15.5. The number of pyridine rings is 1. The first-order valence-electron chi connectivity index (χ1n) is 7.65. The van der Waals surface area contributed by atoms with Crippen molar-refractivity contribution >= 4 is 5.82 Å². The van der Waals surface area contributed by atoms with Gasteiger partial charge in [-0.3, -0.25) is 0 Å². The fourth-order valence-electron chi connectivity index (χ4n) is 2.41. The maximum absolute atomic E-state index is 13.5. The molecule has 1 unspecified atom stereocenters. The summed E-state index contributed by atoms with van der Waals surface area (Å²) in [7, 11) is 0. The lowest BCUT2D eigenvalue weighted by Gasteiger charge is -2.34. The first-order valence-corrected chi connectivity index (χ1v) is 7.65. The maximum Gasteiger partial charge on any atom is 0.141 e. The van der Waals surface area contributed by atoms with Gasteiger partial charge in [0.05, 0.1) is 18.9 Å². The third-order valence-corrected chi connectivity index (χ3v) is 3.61. The third-order valence-electron chi connectivity index (χ3n) is 3.61. The van der Waals surface area contributed by atoms with Crippen LogP contribution < -0.4 is 10.2 Å². The van der Waals surface area contributed by atoms with E-state index < -0.39 is 0 Å². The average Bonchev–Trinajstić information content (AvgIpc) is 2.44. The van der Waals surface area contributed by atoms with Gasteiger partial charge in [0.25, 0.3) is 0 Å². The molecule has 1 saturated heterocycles. The van der Waals surface area contributed by atoms with Gasteiger partial charge in [-0.2, -0.15) is 0 Å². The topological polar surface area (TPSA) is 37.4 Å². The summed E-state index contributed by atoms with van der Waals surface area (Å²) in [5.41, 5.74) is 0.891. The number of rotatable bonds is 4. The van der Waals surface area contributed by atoms with E-state index in [-0.39, 0.29) is 17.5 Å². The molecule has 0 amide bonds. The molecule has 1 fully saturated rings. The number of hydrogen-bond donors (Lipinski definition) is 1. The molecule has 21 heavy (non-hydrogen) atoms. The molecule has 0 radical (unpaired) electrons. The van der Waals surface area contributed by atoms with Crippen molar-refractivity contribution < 1.29 is 9.13 Å². The normalized spacial score (nSPS) is 19.9. The Hall–Kier alpha value is -1.20. The number of nitrogens with one attached hydrogen (secondary N) is 1. The number of anilines is 1. The van der Waals surface area contributed by atoms with Crippen molar-refractivity contribution in [2.45, 2.75) is 52.3 Å². The Kier molecular flexibility index (Phi) is 5.17. The highest BCUT2D eigenvalue weighted by molar-refractivity contribution is 5.47. The van der Waals surface area contributed by atoms with E-state index in [1.165, 1.54) is 6.20 Å². The summed E-state index contributed by atoms with van der Waals surface area (Å²) >= 11 is 0. The molecule has 1 N–H and O–H groups in total. The van der Waals surface area contributed by atoms with Crippen molar-refractivity contribution in [1.29, 1.82) is 0 Å². The van der Waals surface area contributed by atoms with Crippen LogP contribution in [-0.2, 0) is 11.3 Å². The number of ether oxygens (including phenoxy) is 1. The molecule has 1 aliphatic rings. The number of aromatic nitrogens is 1. The standard InChI is InChI=1S/C16H26FN3O/c1-5-14-11-20(6-7-21-14)15-12(8-13(17)10-18-15)9-19-16(2,3)4/h8,10,14,19H,5-7,9,11H2,1-4H3. The van der Waals surface area contributed by atoms with E-state index in [1.807, 2.05) is 0 Å². The molecular weight excluding hydrogens is 269 g/mol. The molecule has 0 aliphatic carbocycles. The van der Waals surface area contributed by atoms with Gasteiger partial charge in [0.15, 0.2) is 0 Å². The Bertz CT molecular complexity index is 473. The van der Waals surface area contributed by atoms with Crippen LogP contribution in [0.4, 0.5) is 10.2 Å². The number of morpholine rings is 1. The van der Waals surface area contributed by atoms with Crippen LogP contribution in [0.25, 0.3) is 0 Å². The quantitative estimate of drug-likeness (QED) is 0.927. The maximum atomic E-state index is 13.5. The molecule has 2 heterocycles. The summed E-state index contributed by atoms with van der Waals surface area (Å²) in [5, 5.41) is 3.41. The van der Waals surface area contributed by atoms with E-state index in [0.717, 1.165) is 30.9 Å². The van der Waals surface area contributed by atoms with E-state index >= 15 is 0 Å². The van der Waals surface area contributed by atoms with Crippen LogP contribution in [0.2, 0.25) is 0 Å². The second kappa shape index (κ2) is 6.71. The summed E-state index contributed by atoms with van der Waals surface area (Å²) in [6.07, 6.45) is 2.51. The first kappa shape index (κ1) is 16.2. The zero-order valence-electron chi connectivity index (χ0n) is 13.4. The van der Waals surface area contributed by atoms with Crippen molar-refractivity contribution in [2.24, 2.45) is 0 Å². The van der Waals surface area contributed by atoms with Crippen LogP contribution in [0.15, 0.2) is 12.3 Å². The Labute approximate surface area is 126 Å². The summed E-state index contributed by atoms with van der Waals surface area (Å²) in [6.45, 7) is 11.3. The lowest BCUT2D eigenvalue weighted by molar-refractivity contribution is 0.0381. The highest BCUT2D eigenvalue weighted by atomic mass is 19.1. The first-order chi connectivity index (χ1) is 9.89.